The SMILES string of the molecule is CCCOC1CCCN(C(CN)c2cncn2CC)C1. The number of imidazole rings is 1. The van der Waals surface area contributed by atoms with Gasteiger partial charge >= 0.3 is 0 Å². The summed E-state index contributed by atoms with van der Waals surface area (Å²) in [5, 5.41) is 0. The molecule has 2 heterocycles. The van der Waals surface area contributed by atoms with Gasteiger partial charge in [-0.3, -0.25) is 4.90 Å². The van der Waals surface area contributed by atoms with E-state index in [2.05, 4.69) is 28.3 Å². The molecule has 1 fully saturated rings. The fourth-order valence-corrected chi connectivity index (χ4v) is 3.00. The van der Waals surface area contributed by atoms with E-state index in [1.54, 1.807) is 0 Å². The summed E-state index contributed by atoms with van der Waals surface area (Å²) < 4.78 is 8.11. The standard InChI is InChI=1S/C15H28N4O/c1-3-8-20-13-6-5-7-19(11-13)14(9-16)15-10-17-12-18(15)4-2/h10,12-14H,3-9,11,16H2,1-2H3. The number of ether oxygens (including phenoxy) is 1. The number of hydrogen-bond acceptors (Lipinski definition) is 4. The van der Waals surface area contributed by atoms with Crippen LogP contribution in [0, 0.1) is 0 Å². The van der Waals surface area contributed by atoms with Crippen LogP contribution in [0.15, 0.2) is 12.5 Å². The first-order chi connectivity index (χ1) is 9.80. The summed E-state index contributed by atoms with van der Waals surface area (Å²) in [6.45, 7) is 8.81. The molecule has 1 saturated heterocycles. The maximum atomic E-state index is 6.04. The predicted octanol–water partition coefficient (Wildman–Crippen LogP) is 1.79. The largest absolute Gasteiger partial charge is 0.377 e. The highest BCUT2D eigenvalue weighted by molar-refractivity contribution is 5.07. The Morgan fingerprint density at radius 2 is 2.35 bits per heavy atom. The summed E-state index contributed by atoms with van der Waals surface area (Å²) in [5.41, 5.74) is 7.27. The van der Waals surface area contributed by atoms with Crippen molar-refractivity contribution in [3.05, 3.63) is 18.2 Å². The monoisotopic (exact) mass is 280 g/mol. The van der Waals surface area contributed by atoms with Gasteiger partial charge in [-0.15, -0.1) is 0 Å². The Kier molecular flexibility index (Phi) is 6.01. The van der Waals surface area contributed by atoms with E-state index in [1.807, 2.05) is 12.5 Å². The average molecular weight is 280 g/mol. The Morgan fingerprint density at radius 1 is 1.50 bits per heavy atom. The third kappa shape index (κ3) is 3.59. The Balaban J connectivity index is 2.03. The molecule has 114 valence electrons. The molecule has 5 nitrogen and oxygen atoms in total. The Morgan fingerprint density at radius 3 is 3.05 bits per heavy atom. The van der Waals surface area contributed by atoms with Gasteiger partial charge in [-0.1, -0.05) is 6.92 Å². The molecule has 0 radical (unpaired) electrons. The lowest BCUT2D eigenvalue weighted by Crippen LogP contribution is -2.44. The number of rotatable bonds is 7. The van der Waals surface area contributed by atoms with Crippen LogP contribution in [-0.2, 0) is 11.3 Å². The summed E-state index contributed by atoms with van der Waals surface area (Å²) in [5.74, 6) is 0. The molecule has 0 amide bonds. The van der Waals surface area contributed by atoms with Crippen LogP contribution >= 0.6 is 0 Å². The second kappa shape index (κ2) is 7.76. The van der Waals surface area contributed by atoms with Crippen molar-refractivity contribution in [2.45, 2.75) is 51.8 Å². The van der Waals surface area contributed by atoms with Gasteiger partial charge in [0.2, 0.25) is 0 Å². The minimum absolute atomic E-state index is 0.255. The van der Waals surface area contributed by atoms with Crippen molar-refractivity contribution in [1.82, 2.24) is 14.5 Å². The highest BCUT2D eigenvalue weighted by atomic mass is 16.5. The van der Waals surface area contributed by atoms with Gasteiger partial charge in [0.05, 0.1) is 24.2 Å². The maximum absolute atomic E-state index is 6.04. The molecule has 1 aromatic rings. The smallest absolute Gasteiger partial charge is 0.0948 e. The number of aryl methyl sites for hydroxylation is 1. The van der Waals surface area contributed by atoms with E-state index in [4.69, 9.17) is 10.5 Å². The molecule has 2 unspecified atom stereocenters. The Labute approximate surface area is 122 Å². The minimum Gasteiger partial charge on any atom is -0.377 e. The molecule has 0 aliphatic carbocycles. The third-order valence-corrected chi connectivity index (χ3v) is 4.06. The van der Waals surface area contributed by atoms with E-state index in [1.165, 1.54) is 18.5 Å². The summed E-state index contributed by atoms with van der Waals surface area (Å²) in [7, 11) is 0. The van der Waals surface area contributed by atoms with E-state index in [0.29, 0.717) is 12.6 Å². The molecule has 0 saturated carbocycles. The molecule has 1 aliphatic rings. The van der Waals surface area contributed by atoms with Crippen LogP contribution in [0.5, 0.6) is 0 Å². The average Bonchev–Trinajstić information content (AvgIpc) is 2.95. The van der Waals surface area contributed by atoms with Crippen molar-refractivity contribution < 1.29 is 4.74 Å². The normalized spacial score (nSPS) is 22.1. The van der Waals surface area contributed by atoms with Crippen molar-refractivity contribution in [2.75, 3.05) is 26.2 Å². The summed E-state index contributed by atoms with van der Waals surface area (Å²) in [6.07, 6.45) is 7.64. The summed E-state index contributed by atoms with van der Waals surface area (Å²) >= 11 is 0. The molecule has 1 aromatic heterocycles. The van der Waals surface area contributed by atoms with E-state index >= 15 is 0 Å². The van der Waals surface area contributed by atoms with E-state index in [0.717, 1.165) is 32.7 Å². The van der Waals surface area contributed by atoms with Gasteiger partial charge in [0.15, 0.2) is 0 Å². The first kappa shape index (κ1) is 15.5. The molecule has 20 heavy (non-hydrogen) atoms. The van der Waals surface area contributed by atoms with Gasteiger partial charge in [-0.05, 0) is 32.7 Å². The molecule has 0 bridgehead atoms. The molecule has 5 heteroatoms. The van der Waals surface area contributed by atoms with Crippen LogP contribution in [0.25, 0.3) is 0 Å². The van der Waals surface area contributed by atoms with Crippen molar-refractivity contribution in [2.24, 2.45) is 5.73 Å². The molecule has 2 atom stereocenters. The Hall–Kier alpha value is -0.910. The number of piperidine rings is 1. The topological polar surface area (TPSA) is 56.3 Å². The van der Waals surface area contributed by atoms with Crippen LogP contribution in [-0.4, -0.2) is 46.8 Å². The molecular weight excluding hydrogens is 252 g/mol. The molecule has 1 aliphatic heterocycles. The first-order valence-corrected chi connectivity index (χ1v) is 7.85. The van der Waals surface area contributed by atoms with Gasteiger partial charge < -0.3 is 15.0 Å². The van der Waals surface area contributed by atoms with Crippen LogP contribution in [0.3, 0.4) is 0 Å². The second-order valence-corrected chi connectivity index (χ2v) is 5.49. The van der Waals surface area contributed by atoms with Gasteiger partial charge in [0, 0.05) is 32.4 Å². The van der Waals surface area contributed by atoms with Gasteiger partial charge in [-0.2, -0.15) is 0 Å². The number of hydrogen-bond donors (Lipinski definition) is 1. The van der Waals surface area contributed by atoms with Crippen molar-refractivity contribution in [1.29, 1.82) is 0 Å². The van der Waals surface area contributed by atoms with Crippen LogP contribution in [0.4, 0.5) is 0 Å². The summed E-state index contributed by atoms with van der Waals surface area (Å²) in [6, 6.07) is 0.255. The number of nitrogens with two attached hydrogens (primary N) is 1. The molecule has 2 rings (SSSR count). The van der Waals surface area contributed by atoms with E-state index < -0.39 is 0 Å². The second-order valence-electron chi connectivity index (χ2n) is 5.49. The summed E-state index contributed by atoms with van der Waals surface area (Å²) in [4.78, 5) is 6.74. The Bertz CT molecular complexity index is 393. The van der Waals surface area contributed by atoms with E-state index in [9.17, 15) is 0 Å². The molecular formula is C15H28N4O. The predicted molar refractivity (Wildman–Crippen MR) is 80.5 cm³/mol. The fourth-order valence-electron chi connectivity index (χ4n) is 3.00. The van der Waals surface area contributed by atoms with Crippen molar-refractivity contribution >= 4 is 0 Å². The lowest BCUT2D eigenvalue weighted by atomic mass is 10.0. The van der Waals surface area contributed by atoms with Gasteiger partial charge in [0.25, 0.3) is 0 Å². The van der Waals surface area contributed by atoms with E-state index in [-0.39, 0.29) is 6.04 Å². The zero-order valence-corrected chi connectivity index (χ0v) is 12.8. The quantitative estimate of drug-likeness (QED) is 0.827. The number of nitrogens with zero attached hydrogens (tertiary/aromatic N) is 3. The van der Waals surface area contributed by atoms with Crippen molar-refractivity contribution in [3.63, 3.8) is 0 Å². The molecule has 0 spiro atoms. The zero-order chi connectivity index (χ0) is 14.4. The van der Waals surface area contributed by atoms with Crippen LogP contribution in [0.1, 0.15) is 44.8 Å². The first-order valence-electron chi connectivity index (χ1n) is 7.85. The minimum atomic E-state index is 0.255. The number of likely N-dealkylation sites (tertiary alicyclic amines) is 1. The molecule has 2 N–H and O–H groups in total. The highest BCUT2D eigenvalue weighted by Crippen LogP contribution is 2.25. The fraction of sp³-hybridized carbons (Fsp3) is 0.800. The zero-order valence-electron chi connectivity index (χ0n) is 12.8. The third-order valence-electron chi connectivity index (χ3n) is 4.06. The number of aromatic nitrogens is 2. The van der Waals surface area contributed by atoms with Crippen LogP contribution in [0.2, 0.25) is 0 Å². The molecule has 0 aromatic carbocycles. The van der Waals surface area contributed by atoms with Crippen LogP contribution < -0.4 is 5.73 Å². The highest BCUT2D eigenvalue weighted by Gasteiger charge is 2.28. The van der Waals surface area contributed by atoms with Crippen molar-refractivity contribution in [3.8, 4) is 0 Å². The van der Waals surface area contributed by atoms with Gasteiger partial charge in [-0.25, -0.2) is 4.98 Å². The lowest BCUT2D eigenvalue weighted by Gasteiger charge is -2.37. The maximum Gasteiger partial charge on any atom is 0.0948 e. The lowest BCUT2D eigenvalue weighted by molar-refractivity contribution is -0.0127. The van der Waals surface area contributed by atoms with Gasteiger partial charge in [0.1, 0.15) is 0 Å².